The maximum absolute atomic E-state index is 13.2. The van der Waals surface area contributed by atoms with Gasteiger partial charge < -0.3 is 10.9 Å². The SMILES string of the molecule is CCN(Cc1cc(F)ccc1Cl)CC(C)/C(N)=N/O. The second-order valence-corrected chi connectivity index (χ2v) is 4.90. The smallest absolute Gasteiger partial charge is 0.143 e. The molecule has 0 fully saturated rings. The summed E-state index contributed by atoms with van der Waals surface area (Å²) in [5.74, 6) is -0.207. The molecule has 0 heterocycles. The Balaban J connectivity index is 2.74. The first-order chi connectivity index (χ1) is 8.97. The van der Waals surface area contributed by atoms with E-state index in [-0.39, 0.29) is 17.6 Å². The lowest BCUT2D eigenvalue weighted by atomic mass is 10.1. The summed E-state index contributed by atoms with van der Waals surface area (Å²) in [5, 5.41) is 12.2. The molecule has 0 aliphatic heterocycles. The molecule has 0 saturated heterocycles. The monoisotopic (exact) mass is 287 g/mol. The summed E-state index contributed by atoms with van der Waals surface area (Å²) in [6.45, 7) is 5.75. The van der Waals surface area contributed by atoms with Crippen molar-refractivity contribution in [3.05, 3.63) is 34.6 Å². The summed E-state index contributed by atoms with van der Waals surface area (Å²) in [5.41, 5.74) is 6.29. The number of nitrogens with two attached hydrogens (primary N) is 1. The van der Waals surface area contributed by atoms with Gasteiger partial charge in [0.1, 0.15) is 11.7 Å². The second kappa shape index (κ2) is 7.31. The maximum atomic E-state index is 13.2. The molecule has 1 aromatic rings. The Kier molecular flexibility index (Phi) is 6.05. The van der Waals surface area contributed by atoms with E-state index in [9.17, 15) is 4.39 Å². The van der Waals surface area contributed by atoms with Crippen LogP contribution in [0, 0.1) is 11.7 Å². The van der Waals surface area contributed by atoms with E-state index >= 15 is 0 Å². The third-order valence-electron chi connectivity index (χ3n) is 3.00. The lowest BCUT2D eigenvalue weighted by Crippen LogP contribution is -2.34. The molecule has 1 atom stereocenters. The largest absolute Gasteiger partial charge is 0.409 e. The average Bonchev–Trinajstić information content (AvgIpc) is 2.40. The topological polar surface area (TPSA) is 61.8 Å². The van der Waals surface area contributed by atoms with Gasteiger partial charge in [-0.2, -0.15) is 0 Å². The van der Waals surface area contributed by atoms with Crippen LogP contribution in [0.15, 0.2) is 23.4 Å². The first-order valence-electron chi connectivity index (χ1n) is 6.11. The molecule has 6 heteroatoms. The minimum atomic E-state index is -0.306. The Labute approximate surface area is 117 Å². The molecule has 19 heavy (non-hydrogen) atoms. The molecule has 0 amide bonds. The molecular weight excluding hydrogens is 269 g/mol. The minimum absolute atomic E-state index is 0.0858. The van der Waals surface area contributed by atoms with Gasteiger partial charge in [0.05, 0.1) is 0 Å². The number of hydrogen-bond acceptors (Lipinski definition) is 3. The third-order valence-corrected chi connectivity index (χ3v) is 3.37. The van der Waals surface area contributed by atoms with Crippen LogP contribution in [0.2, 0.25) is 5.02 Å². The number of amidine groups is 1. The van der Waals surface area contributed by atoms with Crippen molar-refractivity contribution >= 4 is 17.4 Å². The fraction of sp³-hybridized carbons (Fsp3) is 0.462. The lowest BCUT2D eigenvalue weighted by molar-refractivity contribution is 0.257. The quantitative estimate of drug-likeness (QED) is 0.366. The fourth-order valence-corrected chi connectivity index (χ4v) is 1.97. The molecule has 1 unspecified atom stereocenters. The van der Waals surface area contributed by atoms with Crippen molar-refractivity contribution in [3.63, 3.8) is 0 Å². The van der Waals surface area contributed by atoms with E-state index in [1.807, 2.05) is 13.8 Å². The van der Waals surface area contributed by atoms with Crippen LogP contribution in [-0.2, 0) is 6.54 Å². The van der Waals surface area contributed by atoms with E-state index in [4.69, 9.17) is 22.5 Å². The van der Waals surface area contributed by atoms with Gasteiger partial charge in [-0.3, -0.25) is 4.90 Å². The van der Waals surface area contributed by atoms with Gasteiger partial charge in [-0.25, -0.2) is 4.39 Å². The van der Waals surface area contributed by atoms with Gasteiger partial charge in [-0.1, -0.05) is 30.6 Å². The number of halogens is 2. The Bertz CT molecular complexity index is 454. The van der Waals surface area contributed by atoms with Gasteiger partial charge in [0.2, 0.25) is 0 Å². The molecule has 0 aliphatic rings. The number of rotatable bonds is 6. The zero-order valence-electron chi connectivity index (χ0n) is 11.1. The normalized spacial score (nSPS) is 13.8. The Morgan fingerprint density at radius 2 is 2.26 bits per heavy atom. The second-order valence-electron chi connectivity index (χ2n) is 4.49. The van der Waals surface area contributed by atoms with Crippen LogP contribution in [-0.4, -0.2) is 29.0 Å². The average molecular weight is 288 g/mol. The van der Waals surface area contributed by atoms with Gasteiger partial charge in [-0.05, 0) is 30.3 Å². The van der Waals surface area contributed by atoms with Crippen molar-refractivity contribution in [1.82, 2.24) is 4.90 Å². The van der Waals surface area contributed by atoms with Crippen LogP contribution in [0.25, 0.3) is 0 Å². The molecule has 0 radical (unpaired) electrons. The molecule has 0 bridgehead atoms. The van der Waals surface area contributed by atoms with E-state index in [2.05, 4.69) is 10.1 Å². The first kappa shape index (κ1) is 15.7. The summed E-state index contributed by atoms with van der Waals surface area (Å²) in [7, 11) is 0. The summed E-state index contributed by atoms with van der Waals surface area (Å²) in [4.78, 5) is 2.06. The zero-order chi connectivity index (χ0) is 14.4. The van der Waals surface area contributed by atoms with Crippen molar-refractivity contribution in [2.24, 2.45) is 16.8 Å². The van der Waals surface area contributed by atoms with Crippen LogP contribution < -0.4 is 5.73 Å². The van der Waals surface area contributed by atoms with Gasteiger partial charge in [0, 0.05) is 24.0 Å². The van der Waals surface area contributed by atoms with Gasteiger partial charge in [-0.15, -0.1) is 0 Å². The van der Waals surface area contributed by atoms with E-state index in [1.54, 1.807) is 6.07 Å². The molecule has 0 saturated carbocycles. The minimum Gasteiger partial charge on any atom is -0.409 e. The summed E-state index contributed by atoms with van der Waals surface area (Å²) < 4.78 is 13.2. The van der Waals surface area contributed by atoms with Gasteiger partial charge in [0.15, 0.2) is 0 Å². The van der Waals surface area contributed by atoms with Crippen LogP contribution in [0.1, 0.15) is 19.4 Å². The lowest BCUT2D eigenvalue weighted by Gasteiger charge is -2.24. The van der Waals surface area contributed by atoms with Crippen molar-refractivity contribution in [2.45, 2.75) is 20.4 Å². The molecular formula is C13H19ClFN3O. The van der Waals surface area contributed by atoms with Gasteiger partial charge >= 0.3 is 0 Å². The van der Waals surface area contributed by atoms with Crippen LogP contribution >= 0.6 is 11.6 Å². The van der Waals surface area contributed by atoms with Crippen LogP contribution in [0.5, 0.6) is 0 Å². The van der Waals surface area contributed by atoms with Crippen molar-refractivity contribution in [3.8, 4) is 0 Å². The highest BCUT2D eigenvalue weighted by Crippen LogP contribution is 2.19. The predicted molar refractivity (Wildman–Crippen MR) is 74.9 cm³/mol. The Hall–Kier alpha value is -1.33. The van der Waals surface area contributed by atoms with E-state index in [1.165, 1.54) is 12.1 Å². The van der Waals surface area contributed by atoms with Crippen molar-refractivity contribution in [2.75, 3.05) is 13.1 Å². The molecule has 1 aromatic carbocycles. The van der Waals surface area contributed by atoms with Crippen LogP contribution in [0.3, 0.4) is 0 Å². The number of benzene rings is 1. The molecule has 0 spiro atoms. The first-order valence-corrected chi connectivity index (χ1v) is 6.49. The Morgan fingerprint density at radius 3 is 2.84 bits per heavy atom. The molecule has 1 rings (SSSR count). The standard InChI is InChI=1S/C13H19ClFN3O/c1-3-18(7-9(2)13(16)17-19)8-10-6-11(15)4-5-12(10)14/h4-6,9,19H,3,7-8H2,1-2H3,(H2,16,17). The molecule has 0 aliphatic carbocycles. The highest BCUT2D eigenvalue weighted by molar-refractivity contribution is 6.31. The maximum Gasteiger partial charge on any atom is 0.143 e. The molecule has 4 nitrogen and oxygen atoms in total. The fourth-order valence-electron chi connectivity index (χ4n) is 1.79. The van der Waals surface area contributed by atoms with E-state index in [0.29, 0.717) is 18.1 Å². The summed E-state index contributed by atoms with van der Waals surface area (Å²) >= 11 is 6.04. The summed E-state index contributed by atoms with van der Waals surface area (Å²) in [6.07, 6.45) is 0. The summed E-state index contributed by atoms with van der Waals surface area (Å²) in [6, 6.07) is 4.31. The third kappa shape index (κ3) is 4.69. The van der Waals surface area contributed by atoms with Crippen molar-refractivity contribution in [1.29, 1.82) is 0 Å². The molecule has 3 N–H and O–H groups in total. The van der Waals surface area contributed by atoms with Crippen LogP contribution in [0.4, 0.5) is 4.39 Å². The number of nitrogens with zero attached hydrogens (tertiary/aromatic N) is 2. The predicted octanol–water partition coefficient (Wildman–Crippen LogP) is 2.68. The van der Waals surface area contributed by atoms with E-state index < -0.39 is 0 Å². The van der Waals surface area contributed by atoms with Crippen molar-refractivity contribution < 1.29 is 9.60 Å². The number of hydrogen-bond donors (Lipinski definition) is 2. The van der Waals surface area contributed by atoms with Gasteiger partial charge in [0.25, 0.3) is 0 Å². The number of oxime groups is 1. The molecule has 0 aromatic heterocycles. The highest BCUT2D eigenvalue weighted by atomic mass is 35.5. The Morgan fingerprint density at radius 1 is 1.58 bits per heavy atom. The van der Waals surface area contributed by atoms with E-state index in [0.717, 1.165) is 12.1 Å². The zero-order valence-corrected chi connectivity index (χ0v) is 11.9. The highest BCUT2D eigenvalue weighted by Gasteiger charge is 2.14. The molecule has 106 valence electrons.